The Morgan fingerprint density at radius 3 is 2.93 bits per heavy atom. The van der Waals surface area contributed by atoms with Crippen LogP contribution in [0.3, 0.4) is 0 Å². The molecule has 1 aromatic carbocycles. The van der Waals surface area contributed by atoms with Crippen LogP contribution < -0.4 is 15.5 Å². The molecule has 0 fully saturated rings. The highest BCUT2D eigenvalue weighted by molar-refractivity contribution is 5.80. The first-order valence-electron chi connectivity index (χ1n) is 10.1. The Kier molecular flexibility index (Phi) is 5.60. The Morgan fingerprint density at radius 1 is 1.29 bits per heavy atom. The minimum Gasteiger partial charge on any atom is -0.364 e. The molecule has 0 amide bonds. The molecule has 0 aliphatic carbocycles. The molecule has 2 aliphatic rings. The number of nitrogens with one attached hydrogen (secondary N) is 2. The molecule has 0 spiro atoms. The van der Waals surface area contributed by atoms with E-state index in [2.05, 4.69) is 73.9 Å². The number of hydrogen-bond donors (Lipinski definition) is 2. The third kappa shape index (κ3) is 4.18. The summed E-state index contributed by atoms with van der Waals surface area (Å²) in [5, 5.41) is 11.6. The van der Waals surface area contributed by atoms with Crippen molar-refractivity contribution in [3.63, 3.8) is 0 Å². The zero-order valence-electron chi connectivity index (χ0n) is 16.7. The third-order valence-corrected chi connectivity index (χ3v) is 5.34. The van der Waals surface area contributed by atoms with Gasteiger partial charge < -0.3 is 15.5 Å². The quantitative estimate of drug-likeness (QED) is 0.472. The summed E-state index contributed by atoms with van der Waals surface area (Å²) < 4.78 is 2.04. The van der Waals surface area contributed by atoms with Crippen LogP contribution in [0.1, 0.15) is 30.6 Å². The van der Waals surface area contributed by atoms with E-state index in [9.17, 15) is 0 Å². The number of aromatic nitrogens is 3. The average Bonchev–Trinajstić information content (AvgIpc) is 3.40. The lowest BCUT2D eigenvalue weighted by Crippen LogP contribution is -2.46. The second-order valence-electron chi connectivity index (χ2n) is 7.33. The van der Waals surface area contributed by atoms with Crippen molar-refractivity contribution in [2.75, 3.05) is 25.0 Å². The van der Waals surface area contributed by atoms with Crippen molar-refractivity contribution >= 4 is 11.6 Å². The van der Waals surface area contributed by atoms with E-state index < -0.39 is 0 Å². The first kappa shape index (κ1) is 18.5. The second-order valence-corrected chi connectivity index (χ2v) is 7.33. The highest BCUT2D eigenvalue weighted by Gasteiger charge is 2.22. The van der Waals surface area contributed by atoms with Gasteiger partial charge in [0, 0.05) is 51.3 Å². The number of hydrogen-bond acceptors (Lipinski definition) is 4. The van der Waals surface area contributed by atoms with Crippen LogP contribution in [0.5, 0.6) is 0 Å². The van der Waals surface area contributed by atoms with Gasteiger partial charge in [0.15, 0.2) is 11.8 Å². The molecular formula is C21H29N7. The summed E-state index contributed by atoms with van der Waals surface area (Å²) >= 11 is 0. The van der Waals surface area contributed by atoms with Gasteiger partial charge in [-0.2, -0.15) is 5.10 Å². The van der Waals surface area contributed by atoms with Crippen LogP contribution in [0.2, 0.25) is 0 Å². The zero-order valence-corrected chi connectivity index (χ0v) is 16.7. The van der Waals surface area contributed by atoms with Gasteiger partial charge in [-0.3, -0.25) is 4.99 Å². The molecule has 2 aliphatic heterocycles. The summed E-state index contributed by atoms with van der Waals surface area (Å²) in [6.45, 7) is 5.66. The fraction of sp³-hybridized carbons (Fsp3) is 0.476. The summed E-state index contributed by atoms with van der Waals surface area (Å²) in [5.41, 5.74) is 2.52. The number of aliphatic imine (C=N–C) groups is 1. The Bertz CT molecular complexity index is 859. The molecule has 1 aromatic heterocycles. The molecule has 4 rings (SSSR count). The summed E-state index contributed by atoms with van der Waals surface area (Å²) in [4.78, 5) is 11.4. The molecule has 7 nitrogen and oxygen atoms in total. The maximum absolute atomic E-state index is 4.59. The maximum atomic E-state index is 4.59. The molecule has 7 heteroatoms. The lowest BCUT2D eigenvalue weighted by Gasteiger charge is -2.25. The Labute approximate surface area is 166 Å². The summed E-state index contributed by atoms with van der Waals surface area (Å²) in [6.07, 6.45) is 7.30. The van der Waals surface area contributed by atoms with E-state index in [1.165, 1.54) is 11.3 Å². The van der Waals surface area contributed by atoms with Crippen molar-refractivity contribution in [2.45, 2.75) is 45.3 Å². The smallest absolute Gasteiger partial charge is 0.191 e. The topological polar surface area (TPSA) is 70.4 Å². The molecule has 0 saturated carbocycles. The van der Waals surface area contributed by atoms with Crippen LogP contribution in [0.25, 0.3) is 0 Å². The van der Waals surface area contributed by atoms with Crippen molar-refractivity contribution in [1.82, 2.24) is 25.4 Å². The van der Waals surface area contributed by atoms with Gasteiger partial charge in [0.05, 0.1) is 6.54 Å². The predicted octanol–water partition coefficient (Wildman–Crippen LogP) is 1.90. The van der Waals surface area contributed by atoms with Crippen LogP contribution in [0.4, 0.5) is 5.69 Å². The lowest BCUT2D eigenvalue weighted by atomic mass is 10.1. The van der Waals surface area contributed by atoms with Crippen LogP contribution in [0, 0.1) is 0 Å². The van der Waals surface area contributed by atoms with Gasteiger partial charge in [0.1, 0.15) is 5.82 Å². The molecule has 2 aromatic rings. The fourth-order valence-electron chi connectivity index (χ4n) is 3.75. The average molecular weight is 380 g/mol. The predicted molar refractivity (Wildman–Crippen MR) is 113 cm³/mol. The number of aryl methyl sites for hydroxylation is 2. The number of guanidine groups is 1. The van der Waals surface area contributed by atoms with Gasteiger partial charge in [-0.25, -0.2) is 9.67 Å². The lowest BCUT2D eigenvalue weighted by molar-refractivity contribution is 0.392. The molecule has 3 heterocycles. The van der Waals surface area contributed by atoms with E-state index in [4.69, 9.17) is 0 Å². The molecule has 1 atom stereocenters. The van der Waals surface area contributed by atoms with E-state index in [1.54, 1.807) is 0 Å². The largest absolute Gasteiger partial charge is 0.364 e. The number of rotatable bonds is 5. The highest BCUT2D eigenvalue weighted by Crippen LogP contribution is 2.18. The Morgan fingerprint density at radius 2 is 2.14 bits per heavy atom. The summed E-state index contributed by atoms with van der Waals surface area (Å²) in [5.74, 6) is 2.87. The van der Waals surface area contributed by atoms with Crippen molar-refractivity contribution in [3.05, 3.63) is 53.6 Å². The number of fused-ring (bicyclic) bond motifs is 1. The van der Waals surface area contributed by atoms with E-state index in [1.807, 2.05) is 11.7 Å². The molecule has 1 unspecified atom stereocenters. The number of anilines is 1. The van der Waals surface area contributed by atoms with E-state index in [0.29, 0.717) is 6.04 Å². The Hall–Kier alpha value is -2.83. The fourth-order valence-corrected chi connectivity index (χ4v) is 3.75. The molecular weight excluding hydrogens is 350 g/mol. The van der Waals surface area contributed by atoms with E-state index >= 15 is 0 Å². The van der Waals surface area contributed by atoms with Crippen LogP contribution in [0.15, 0.2) is 41.4 Å². The van der Waals surface area contributed by atoms with Crippen molar-refractivity contribution in [1.29, 1.82) is 0 Å². The summed E-state index contributed by atoms with van der Waals surface area (Å²) in [7, 11) is 1.82. The second kappa shape index (κ2) is 8.46. The first-order chi connectivity index (χ1) is 13.7. The molecule has 2 N–H and O–H groups in total. The SMILES string of the molecule is CCc1nc2n(n1)CC(NC(=NC)NCc1cccc(N3CC=CC3)c1)CC2. The Balaban J connectivity index is 1.32. The monoisotopic (exact) mass is 379 g/mol. The molecule has 148 valence electrons. The number of benzene rings is 1. The standard InChI is InChI=1S/C21H29N7/c1-3-19-25-20-10-9-17(15-28(20)26-19)24-21(22-2)23-14-16-7-6-8-18(13-16)27-11-4-5-12-27/h4-8,13,17H,3,9-12,14-15H2,1-2H3,(H2,22,23,24). The van der Waals surface area contributed by atoms with E-state index in [-0.39, 0.29) is 0 Å². The van der Waals surface area contributed by atoms with Crippen molar-refractivity contribution in [2.24, 2.45) is 4.99 Å². The van der Waals surface area contributed by atoms with Gasteiger partial charge in [-0.05, 0) is 24.1 Å². The molecule has 28 heavy (non-hydrogen) atoms. The van der Waals surface area contributed by atoms with Gasteiger partial charge >= 0.3 is 0 Å². The number of nitrogens with zero attached hydrogens (tertiary/aromatic N) is 5. The minimum absolute atomic E-state index is 0.312. The highest BCUT2D eigenvalue weighted by atomic mass is 15.4. The van der Waals surface area contributed by atoms with E-state index in [0.717, 1.165) is 63.0 Å². The normalized spacial score (nSPS) is 19.0. The van der Waals surface area contributed by atoms with Gasteiger partial charge in [-0.1, -0.05) is 31.2 Å². The van der Waals surface area contributed by atoms with Crippen LogP contribution >= 0.6 is 0 Å². The van der Waals surface area contributed by atoms with Gasteiger partial charge in [0.25, 0.3) is 0 Å². The van der Waals surface area contributed by atoms with Crippen LogP contribution in [-0.4, -0.2) is 46.9 Å². The third-order valence-electron chi connectivity index (χ3n) is 5.34. The molecule has 0 radical (unpaired) electrons. The van der Waals surface area contributed by atoms with Gasteiger partial charge in [0.2, 0.25) is 0 Å². The van der Waals surface area contributed by atoms with Gasteiger partial charge in [-0.15, -0.1) is 0 Å². The maximum Gasteiger partial charge on any atom is 0.191 e. The van der Waals surface area contributed by atoms with Crippen LogP contribution in [-0.2, 0) is 25.9 Å². The zero-order chi connectivity index (χ0) is 19.3. The first-order valence-corrected chi connectivity index (χ1v) is 10.1. The molecule has 0 saturated heterocycles. The van der Waals surface area contributed by atoms with Crippen molar-refractivity contribution in [3.8, 4) is 0 Å². The molecule has 0 bridgehead atoms. The summed E-state index contributed by atoms with van der Waals surface area (Å²) in [6, 6.07) is 9.02. The minimum atomic E-state index is 0.312. The van der Waals surface area contributed by atoms with Crippen molar-refractivity contribution < 1.29 is 0 Å².